The van der Waals surface area contributed by atoms with Crippen molar-refractivity contribution < 1.29 is 6.85 Å². The van der Waals surface area contributed by atoms with E-state index >= 15 is 0 Å². The normalized spacial score (nSPS) is 13.5. The summed E-state index contributed by atoms with van der Waals surface area (Å²) in [6.45, 7) is -2.91. The number of benzene rings is 8. The maximum Gasteiger partial charge on any atom is 0.114 e. The Labute approximate surface area is 293 Å². The van der Waals surface area contributed by atoms with Gasteiger partial charge in [0.15, 0.2) is 0 Å². The van der Waals surface area contributed by atoms with Crippen molar-refractivity contribution in [1.29, 1.82) is 0 Å². The molecule has 0 aliphatic rings. The van der Waals surface area contributed by atoms with E-state index in [1.165, 1.54) is 27.5 Å². The molecule has 1 heterocycles. The minimum absolute atomic E-state index is 0.151. The Morgan fingerprint density at radius 2 is 0.939 bits per heavy atom. The van der Waals surface area contributed by atoms with Crippen molar-refractivity contribution in [2.45, 2.75) is 13.2 Å². The molecule has 0 aliphatic carbocycles. The number of para-hydroxylation sites is 2. The van der Waals surface area contributed by atoms with Crippen LogP contribution in [0.3, 0.4) is 0 Å². The smallest absolute Gasteiger partial charge is 0.114 e. The van der Waals surface area contributed by atoms with E-state index in [1.807, 2.05) is 48.5 Å². The minimum Gasteiger partial charge on any atom is -0.296 e. The number of hydrogen-bond acceptors (Lipinski definition) is 1. The number of fused-ring (bicyclic) bond motifs is 3. The monoisotopic (exact) mass is 631 g/mol. The van der Waals surface area contributed by atoms with Crippen LogP contribution in [0.1, 0.15) is 19.5 Å². The predicted octanol–water partition coefficient (Wildman–Crippen LogP) is 12.6. The highest BCUT2D eigenvalue weighted by molar-refractivity contribution is 6.21. The summed E-state index contributed by atoms with van der Waals surface area (Å²) in [5.41, 5.74) is 10.6. The molecule has 9 aromatic rings. The summed E-state index contributed by atoms with van der Waals surface area (Å²) in [6.07, 6.45) is -2.68. The lowest BCUT2D eigenvalue weighted by Crippen LogP contribution is -2.00. The molecule has 0 amide bonds. The zero-order chi connectivity index (χ0) is 37.0. The van der Waals surface area contributed by atoms with Crippen LogP contribution in [0, 0.1) is 0 Å². The van der Waals surface area contributed by atoms with Crippen molar-refractivity contribution in [3.05, 3.63) is 182 Å². The van der Waals surface area contributed by atoms with Gasteiger partial charge in [0.05, 0.1) is 11.0 Å². The van der Waals surface area contributed by atoms with Crippen LogP contribution >= 0.6 is 0 Å². The Bertz CT molecular complexity index is 2800. The van der Waals surface area contributed by atoms with Crippen LogP contribution in [0.15, 0.2) is 176 Å². The first-order valence-corrected chi connectivity index (χ1v) is 16.5. The standard InChI is InChI=1S/C47H34N2/c1-2-45-48-43-27-10-11-28-44(43)49(45)38-22-14-19-35(31-38)34-18-13-21-37(30-34)47-41-25-8-6-23-39(41)46(40-24-7-9-26-42(40)47)36-20-12-17-33(29-36)32-15-4-3-5-16-32/h3-31H,2H2,1H3/i1D3,2D2. The zero-order valence-corrected chi connectivity index (χ0v) is 26.6. The highest BCUT2D eigenvalue weighted by atomic mass is 15.1. The molecule has 232 valence electrons. The molecule has 8 aromatic carbocycles. The number of aromatic nitrogens is 2. The van der Waals surface area contributed by atoms with E-state index in [0.717, 1.165) is 38.6 Å². The molecule has 2 heteroatoms. The van der Waals surface area contributed by atoms with Crippen LogP contribution in [0.25, 0.3) is 82.8 Å². The molecule has 0 spiro atoms. The van der Waals surface area contributed by atoms with E-state index in [9.17, 15) is 0 Å². The fourth-order valence-electron chi connectivity index (χ4n) is 7.29. The second kappa shape index (κ2) is 12.1. The fourth-order valence-corrected chi connectivity index (χ4v) is 7.29. The average Bonchev–Trinajstić information content (AvgIpc) is 3.61. The van der Waals surface area contributed by atoms with Gasteiger partial charge in [-0.15, -0.1) is 0 Å². The quantitative estimate of drug-likeness (QED) is 0.167. The highest BCUT2D eigenvalue weighted by Crippen LogP contribution is 2.44. The lowest BCUT2D eigenvalue weighted by Gasteiger charge is -2.18. The van der Waals surface area contributed by atoms with E-state index in [2.05, 4.69) is 126 Å². The molecule has 0 N–H and O–H groups in total. The third-order valence-electron chi connectivity index (χ3n) is 9.45. The van der Waals surface area contributed by atoms with E-state index in [1.54, 1.807) is 10.6 Å². The molecule has 0 aliphatic heterocycles. The first kappa shape index (κ1) is 24.0. The number of rotatable bonds is 6. The van der Waals surface area contributed by atoms with Crippen molar-refractivity contribution in [3.63, 3.8) is 0 Å². The van der Waals surface area contributed by atoms with Crippen molar-refractivity contribution in [2.24, 2.45) is 0 Å². The van der Waals surface area contributed by atoms with Gasteiger partial charge in [0, 0.05) is 18.9 Å². The average molecular weight is 632 g/mol. The molecular formula is C47H34N2. The summed E-state index contributed by atoms with van der Waals surface area (Å²) in [6, 6.07) is 60.1. The van der Waals surface area contributed by atoms with Gasteiger partial charge in [0.2, 0.25) is 0 Å². The summed E-state index contributed by atoms with van der Waals surface area (Å²) in [7, 11) is 0. The molecule has 49 heavy (non-hydrogen) atoms. The van der Waals surface area contributed by atoms with Gasteiger partial charge < -0.3 is 0 Å². The Morgan fingerprint density at radius 3 is 1.55 bits per heavy atom. The second-order valence-electron chi connectivity index (χ2n) is 12.3. The number of hydrogen-bond donors (Lipinski definition) is 0. The van der Waals surface area contributed by atoms with Crippen LogP contribution in [-0.4, -0.2) is 9.55 Å². The topological polar surface area (TPSA) is 17.8 Å². The van der Waals surface area contributed by atoms with E-state index in [0.29, 0.717) is 16.7 Å². The fraction of sp³-hybridized carbons (Fsp3) is 0.0426. The van der Waals surface area contributed by atoms with Crippen molar-refractivity contribution in [3.8, 4) is 50.2 Å². The second-order valence-corrected chi connectivity index (χ2v) is 12.3. The van der Waals surface area contributed by atoms with Gasteiger partial charge in [0.25, 0.3) is 0 Å². The van der Waals surface area contributed by atoms with Crippen LogP contribution < -0.4 is 0 Å². The third-order valence-corrected chi connectivity index (χ3v) is 9.45. The van der Waals surface area contributed by atoms with E-state index in [4.69, 9.17) is 6.85 Å². The number of imidazole rings is 1. The van der Waals surface area contributed by atoms with Crippen LogP contribution in [0.2, 0.25) is 0 Å². The van der Waals surface area contributed by atoms with Gasteiger partial charge in [-0.1, -0.05) is 146 Å². The first-order valence-electron chi connectivity index (χ1n) is 19.0. The summed E-state index contributed by atoms with van der Waals surface area (Å²) >= 11 is 0. The molecule has 0 fully saturated rings. The molecular weight excluding hydrogens is 593 g/mol. The molecule has 0 atom stereocenters. The summed E-state index contributed by atoms with van der Waals surface area (Å²) in [5.74, 6) is -0.151. The van der Waals surface area contributed by atoms with Crippen LogP contribution in [-0.2, 0) is 6.37 Å². The summed E-state index contributed by atoms with van der Waals surface area (Å²) in [4.78, 5) is 4.52. The van der Waals surface area contributed by atoms with E-state index in [-0.39, 0.29) is 5.82 Å². The van der Waals surface area contributed by atoms with Gasteiger partial charge in [-0.3, -0.25) is 4.57 Å². The van der Waals surface area contributed by atoms with Crippen molar-refractivity contribution in [2.75, 3.05) is 0 Å². The molecule has 0 saturated heterocycles. The van der Waals surface area contributed by atoms with E-state index < -0.39 is 13.2 Å². The minimum atomic E-state index is -2.91. The third kappa shape index (κ3) is 5.01. The molecule has 1 aromatic heterocycles. The Morgan fingerprint density at radius 1 is 0.469 bits per heavy atom. The van der Waals surface area contributed by atoms with Gasteiger partial charge in [-0.2, -0.15) is 0 Å². The van der Waals surface area contributed by atoms with Gasteiger partial charge in [-0.05, 0) is 102 Å². The summed E-state index contributed by atoms with van der Waals surface area (Å²) < 4.78 is 43.0. The predicted molar refractivity (Wildman–Crippen MR) is 207 cm³/mol. The molecule has 0 radical (unpaired) electrons. The van der Waals surface area contributed by atoms with Crippen molar-refractivity contribution >= 4 is 32.6 Å². The molecule has 0 bridgehead atoms. The number of nitrogens with zero attached hydrogens (tertiary/aromatic N) is 2. The lowest BCUT2D eigenvalue weighted by atomic mass is 9.85. The number of aryl methyl sites for hydroxylation is 1. The largest absolute Gasteiger partial charge is 0.296 e. The zero-order valence-electron chi connectivity index (χ0n) is 31.6. The molecule has 9 rings (SSSR count). The van der Waals surface area contributed by atoms with Crippen molar-refractivity contribution in [1.82, 2.24) is 9.55 Å². The molecule has 2 nitrogen and oxygen atoms in total. The van der Waals surface area contributed by atoms with Gasteiger partial charge >= 0.3 is 0 Å². The van der Waals surface area contributed by atoms with Gasteiger partial charge in [0.1, 0.15) is 5.82 Å². The summed E-state index contributed by atoms with van der Waals surface area (Å²) in [5, 5.41) is 4.66. The Kier molecular flexibility index (Phi) is 5.91. The van der Waals surface area contributed by atoms with Crippen LogP contribution in [0.4, 0.5) is 0 Å². The molecule has 0 unspecified atom stereocenters. The molecule has 0 saturated carbocycles. The maximum atomic E-state index is 8.66. The Balaban J connectivity index is 1.21. The highest BCUT2D eigenvalue weighted by Gasteiger charge is 2.18. The first-order chi connectivity index (χ1) is 26.2. The van der Waals surface area contributed by atoms with Gasteiger partial charge in [-0.25, -0.2) is 4.98 Å². The Hall–Kier alpha value is -6.25. The van der Waals surface area contributed by atoms with Crippen LogP contribution in [0.5, 0.6) is 0 Å². The lowest BCUT2D eigenvalue weighted by molar-refractivity contribution is 0.908. The maximum absolute atomic E-state index is 8.66. The SMILES string of the molecule is [2H]C([2H])([2H])C([2H])([2H])c1nc2ccccc2n1-c1cccc(-c2cccc(-c3c4ccccc4c(-c4cccc(-c5ccccc5)c4)c4ccccc34)c2)c1.